The maximum Gasteiger partial charge on any atom is 0.433 e. The fraction of sp³-hybridized carbons (Fsp3) is 0.200. The smallest absolute Gasteiger partial charge is 0.361 e. The minimum absolute atomic E-state index is 0.00931. The Labute approximate surface area is 184 Å². The molecule has 4 aromatic heterocycles. The highest BCUT2D eigenvalue weighted by atomic mass is 19.4. The van der Waals surface area contributed by atoms with Crippen LogP contribution >= 0.6 is 0 Å². The summed E-state index contributed by atoms with van der Waals surface area (Å²) in [5.74, 6) is 0.688. The molecule has 4 heterocycles. The van der Waals surface area contributed by atoms with Gasteiger partial charge in [-0.05, 0) is 36.7 Å². The average Bonchev–Trinajstić information content (AvgIpc) is 3.33. The Morgan fingerprint density at radius 1 is 1.12 bits per heavy atom. The molecule has 0 spiro atoms. The van der Waals surface area contributed by atoms with E-state index in [0.29, 0.717) is 11.5 Å². The highest BCUT2D eigenvalue weighted by Gasteiger charge is 2.32. The maximum absolute atomic E-state index is 12.7. The van der Waals surface area contributed by atoms with Crippen molar-refractivity contribution in [2.75, 3.05) is 10.6 Å². The van der Waals surface area contributed by atoms with E-state index in [2.05, 4.69) is 31.0 Å². The lowest BCUT2D eigenvalue weighted by molar-refractivity contribution is -0.755. The number of hydrogen-bond acceptors (Lipinski definition) is 7. The second kappa shape index (κ2) is 8.68. The highest BCUT2D eigenvalue weighted by Crippen LogP contribution is 2.29. The topological polar surface area (TPSA) is 123 Å². The van der Waals surface area contributed by atoms with Crippen LogP contribution in [-0.4, -0.2) is 26.4 Å². The molecule has 170 valence electrons. The normalized spacial score (nSPS) is 11.4. The van der Waals surface area contributed by atoms with E-state index in [1.54, 1.807) is 6.20 Å². The van der Waals surface area contributed by atoms with Crippen LogP contribution in [0, 0.1) is 13.8 Å². The number of aryl methyl sites for hydroxylation is 2. The van der Waals surface area contributed by atoms with Gasteiger partial charge in [0, 0.05) is 29.2 Å². The molecule has 10 nitrogen and oxygen atoms in total. The zero-order valence-electron chi connectivity index (χ0n) is 17.3. The van der Waals surface area contributed by atoms with Crippen molar-refractivity contribution >= 4 is 17.6 Å². The molecule has 0 unspecified atom stereocenters. The van der Waals surface area contributed by atoms with Gasteiger partial charge in [0.15, 0.2) is 0 Å². The van der Waals surface area contributed by atoms with Gasteiger partial charge in [-0.15, -0.1) is 0 Å². The lowest BCUT2D eigenvalue weighted by Crippen LogP contribution is -2.35. The van der Waals surface area contributed by atoms with Crippen LogP contribution in [0.3, 0.4) is 0 Å². The van der Waals surface area contributed by atoms with Crippen molar-refractivity contribution < 1.29 is 31.7 Å². The van der Waals surface area contributed by atoms with E-state index >= 15 is 0 Å². The van der Waals surface area contributed by atoms with E-state index in [1.807, 2.05) is 26.0 Å². The molecule has 0 radical (unpaired) electrons. The summed E-state index contributed by atoms with van der Waals surface area (Å²) in [5.41, 5.74) is 2.00. The Bertz CT molecular complexity index is 1260. The van der Waals surface area contributed by atoms with Gasteiger partial charge in [0.25, 0.3) is 6.20 Å². The zero-order chi connectivity index (χ0) is 23.6. The predicted octanol–water partition coefficient (Wildman–Crippen LogP) is 3.74. The molecule has 2 N–H and O–H groups in total. The van der Waals surface area contributed by atoms with Crippen molar-refractivity contribution in [3.05, 3.63) is 65.7 Å². The van der Waals surface area contributed by atoms with Crippen molar-refractivity contribution in [1.29, 1.82) is 0 Å². The van der Waals surface area contributed by atoms with Crippen molar-refractivity contribution in [2.24, 2.45) is 0 Å². The molecular weight excluding hydrogens is 443 g/mol. The summed E-state index contributed by atoms with van der Waals surface area (Å²) in [6.45, 7) is 3.93. The first-order chi connectivity index (χ1) is 15.7. The second-order valence-electron chi connectivity index (χ2n) is 7.01. The molecule has 0 aliphatic carbocycles. The largest absolute Gasteiger partial charge is 0.433 e. The van der Waals surface area contributed by atoms with Gasteiger partial charge in [0.05, 0.1) is 5.69 Å². The number of anilines is 2. The number of urea groups is 1. The quantitative estimate of drug-likeness (QED) is 0.435. The van der Waals surface area contributed by atoms with Crippen molar-refractivity contribution in [1.82, 2.24) is 20.4 Å². The van der Waals surface area contributed by atoms with Crippen LogP contribution < -0.4 is 15.3 Å². The summed E-state index contributed by atoms with van der Waals surface area (Å²) in [7, 11) is 0. The summed E-state index contributed by atoms with van der Waals surface area (Å²) in [4.78, 5) is 19.7. The maximum atomic E-state index is 12.7. The second-order valence-corrected chi connectivity index (χ2v) is 7.01. The molecule has 0 aliphatic heterocycles. The fourth-order valence-electron chi connectivity index (χ4n) is 3.07. The number of amides is 2. The van der Waals surface area contributed by atoms with E-state index in [-0.39, 0.29) is 18.1 Å². The van der Waals surface area contributed by atoms with Crippen LogP contribution in [0.5, 0.6) is 0 Å². The number of carbonyl (C=O) groups is 1. The number of pyridine rings is 2. The summed E-state index contributed by atoms with van der Waals surface area (Å²) in [5, 5.41) is 12.4. The van der Waals surface area contributed by atoms with Crippen LogP contribution in [0.25, 0.3) is 11.1 Å². The Kier molecular flexibility index (Phi) is 5.77. The van der Waals surface area contributed by atoms with Gasteiger partial charge in [0.2, 0.25) is 11.8 Å². The summed E-state index contributed by atoms with van der Waals surface area (Å²) in [6.07, 6.45) is -0.565. The number of nitrogens with one attached hydrogen (secondary N) is 2. The molecule has 0 aromatic carbocycles. The molecule has 2 amide bonds. The number of aromatic nitrogens is 5. The third-order valence-electron chi connectivity index (χ3n) is 4.53. The predicted molar refractivity (Wildman–Crippen MR) is 107 cm³/mol. The third-order valence-corrected chi connectivity index (χ3v) is 4.53. The third kappa shape index (κ3) is 5.14. The van der Waals surface area contributed by atoms with Crippen LogP contribution in [0.4, 0.5) is 29.5 Å². The zero-order valence-corrected chi connectivity index (χ0v) is 17.3. The summed E-state index contributed by atoms with van der Waals surface area (Å²) in [6, 6.07) is 4.83. The number of rotatable bonds is 5. The molecule has 0 aliphatic rings. The number of halogens is 3. The molecule has 33 heavy (non-hydrogen) atoms. The number of nitrogens with zero attached hydrogens (tertiary/aromatic N) is 5. The van der Waals surface area contributed by atoms with Crippen molar-refractivity contribution in [2.45, 2.75) is 26.6 Å². The Morgan fingerprint density at radius 2 is 1.94 bits per heavy atom. The van der Waals surface area contributed by atoms with Gasteiger partial charge >= 0.3 is 18.1 Å². The Hall–Kier alpha value is -4.29. The first kappa shape index (κ1) is 21.9. The van der Waals surface area contributed by atoms with Gasteiger partial charge < -0.3 is 9.84 Å². The molecule has 4 aromatic rings. The molecule has 0 atom stereocenters. The van der Waals surface area contributed by atoms with Gasteiger partial charge in [-0.3, -0.25) is 19.8 Å². The molecule has 0 saturated carbocycles. The van der Waals surface area contributed by atoms with Crippen LogP contribution in [0.1, 0.15) is 22.8 Å². The van der Waals surface area contributed by atoms with Gasteiger partial charge in [-0.1, -0.05) is 11.2 Å². The Balaban J connectivity index is 1.37. The number of carbonyl (C=O) groups excluding carboxylic acids is 1. The van der Waals surface area contributed by atoms with E-state index in [0.717, 1.165) is 29.1 Å². The van der Waals surface area contributed by atoms with E-state index in [4.69, 9.17) is 9.05 Å². The van der Waals surface area contributed by atoms with E-state index in [9.17, 15) is 18.0 Å². The summed E-state index contributed by atoms with van der Waals surface area (Å²) < 4.78 is 49.8. The molecule has 0 bridgehead atoms. The molecular formula is C20H17F3N7O3+. The lowest BCUT2D eigenvalue weighted by atomic mass is 10.1. The highest BCUT2D eigenvalue weighted by molar-refractivity contribution is 5.98. The minimum atomic E-state index is -4.62. The lowest BCUT2D eigenvalue weighted by Gasteiger charge is -2.08. The Morgan fingerprint density at radius 3 is 2.61 bits per heavy atom. The first-order valence-corrected chi connectivity index (χ1v) is 9.55. The SMILES string of the molecule is Cc1noc(C)c1-c1ccc(C[n+]2cc(NC(=O)Nc3ccnc(C(F)(F)F)c3)on2)nc1. The number of hydrogen-bond donors (Lipinski definition) is 2. The minimum Gasteiger partial charge on any atom is -0.361 e. The van der Waals surface area contributed by atoms with Gasteiger partial charge in [-0.2, -0.15) is 13.2 Å². The number of alkyl halides is 3. The molecule has 13 heteroatoms. The van der Waals surface area contributed by atoms with Gasteiger partial charge in [-0.25, -0.2) is 4.79 Å². The summed E-state index contributed by atoms with van der Waals surface area (Å²) >= 11 is 0. The standard InChI is InChI=1S/C20H16F3N7O3/c1-11-18(12(2)32-28-11)13-3-4-15(25-8-13)9-30-10-17(33-29-30)27-19(31)26-14-5-6-24-16(7-14)20(21,22)23/h3-8,10H,9H2,1-2H3,(H-,24,26,27,29,31)/p+1. The average molecular weight is 460 g/mol. The first-order valence-electron chi connectivity index (χ1n) is 9.55. The molecule has 0 fully saturated rings. The van der Waals surface area contributed by atoms with E-state index < -0.39 is 17.9 Å². The van der Waals surface area contributed by atoms with Crippen LogP contribution in [0.2, 0.25) is 0 Å². The van der Waals surface area contributed by atoms with Crippen LogP contribution in [0.15, 0.2) is 51.9 Å². The van der Waals surface area contributed by atoms with Crippen molar-refractivity contribution in [3.8, 4) is 11.1 Å². The van der Waals surface area contributed by atoms with Gasteiger partial charge in [0.1, 0.15) is 17.1 Å². The fourth-order valence-corrected chi connectivity index (χ4v) is 3.07. The molecule has 0 saturated heterocycles. The molecule has 4 rings (SSSR count). The van der Waals surface area contributed by atoms with Crippen molar-refractivity contribution in [3.63, 3.8) is 0 Å². The van der Waals surface area contributed by atoms with Crippen LogP contribution in [-0.2, 0) is 12.7 Å². The van der Waals surface area contributed by atoms with E-state index in [1.165, 1.54) is 16.9 Å². The monoisotopic (exact) mass is 460 g/mol.